The van der Waals surface area contributed by atoms with Gasteiger partial charge in [0.05, 0.1) is 11.5 Å². The first-order chi connectivity index (χ1) is 6.03. The highest BCUT2D eigenvalue weighted by atomic mass is 32.2. The number of hydrogen-bond acceptors (Lipinski definition) is 3. The molecule has 0 spiro atoms. The van der Waals surface area contributed by atoms with Crippen molar-refractivity contribution in [1.82, 2.24) is 5.32 Å². The van der Waals surface area contributed by atoms with E-state index in [0.717, 1.165) is 0 Å². The van der Waals surface area contributed by atoms with Gasteiger partial charge in [-0.2, -0.15) is 0 Å². The molecular formula is C8H13NO3S. The van der Waals surface area contributed by atoms with E-state index < -0.39 is 9.84 Å². The molecule has 1 aliphatic rings. The zero-order chi connectivity index (χ0) is 9.90. The summed E-state index contributed by atoms with van der Waals surface area (Å²) in [6.07, 6.45) is 2.23. The summed E-state index contributed by atoms with van der Waals surface area (Å²) in [5.74, 6) is 0.119. The third-order valence-corrected chi connectivity index (χ3v) is 3.80. The van der Waals surface area contributed by atoms with Crippen molar-refractivity contribution < 1.29 is 13.2 Å². The van der Waals surface area contributed by atoms with Gasteiger partial charge in [-0.05, 0) is 18.9 Å². The maximum Gasteiger partial charge on any atom is 0.243 e. The minimum Gasteiger partial charge on any atom is -0.350 e. The SMILES string of the molecule is C=CC(=O)NC1CCS(=O)(=O)CC1. The van der Waals surface area contributed by atoms with Crippen LogP contribution in [0.1, 0.15) is 12.8 Å². The van der Waals surface area contributed by atoms with E-state index in [4.69, 9.17) is 0 Å². The molecule has 1 amide bonds. The molecule has 0 saturated carbocycles. The monoisotopic (exact) mass is 203 g/mol. The third kappa shape index (κ3) is 3.18. The van der Waals surface area contributed by atoms with E-state index in [2.05, 4.69) is 11.9 Å². The van der Waals surface area contributed by atoms with Crippen molar-refractivity contribution in [2.75, 3.05) is 11.5 Å². The van der Waals surface area contributed by atoms with Gasteiger partial charge in [-0.3, -0.25) is 4.79 Å². The van der Waals surface area contributed by atoms with Crippen molar-refractivity contribution in [3.05, 3.63) is 12.7 Å². The van der Waals surface area contributed by atoms with Crippen LogP contribution in [0.5, 0.6) is 0 Å². The molecule has 1 saturated heterocycles. The molecule has 0 aromatic heterocycles. The zero-order valence-electron chi connectivity index (χ0n) is 7.32. The number of sulfone groups is 1. The van der Waals surface area contributed by atoms with Crippen LogP contribution in [0, 0.1) is 0 Å². The van der Waals surface area contributed by atoms with E-state index in [1.54, 1.807) is 0 Å². The molecule has 74 valence electrons. The molecule has 0 radical (unpaired) electrons. The summed E-state index contributed by atoms with van der Waals surface area (Å²) in [4.78, 5) is 10.9. The Bertz CT molecular complexity index is 293. The fourth-order valence-corrected chi connectivity index (χ4v) is 2.79. The Morgan fingerprint density at radius 2 is 1.92 bits per heavy atom. The molecule has 13 heavy (non-hydrogen) atoms. The van der Waals surface area contributed by atoms with Crippen LogP contribution in [-0.2, 0) is 14.6 Å². The van der Waals surface area contributed by atoms with Gasteiger partial charge in [0.1, 0.15) is 9.84 Å². The molecule has 0 aromatic carbocycles. The smallest absolute Gasteiger partial charge is 0.243 e. The van der Waals surface area contributed by atoms with Gasteiger partial charge in [0, 0.05) is 6.04 Å². The highest BCUT2D eigenvalue weighted by Crippen LogP contribution is 2.11. The first-order valence-corrected chi connectivity index (χ1v) is 5.99. The van der Waals surface area contributed by atoms with E-state index >= 15 is 0 Å². The summed E-state index contributed by atoms with van der Waals surface area (Å²) in [6, 6.07) is -0.00553. The van der Waals surface area contributed by atoms with Crippen molar-refractivity contribution in [2.24, 2.45) is 0 Å². The van der Waals surface area contributed by atoms with Crippen LogP contribution in [0.3, 0.4) is 0 Å². The first-order valence-electron chi connectivity index (χ1n) is 4.17. The largest absolute Gasteiger partial charge is 0.350 e. The highest BCUT2D eigenvalue weighted by Gasteiger charge is 2.23. The lowest BCUT2D eigenvalue weighted by Crippen LogP contribution is -2.40. The Kier molecular flexibility index (Phi) is 3.08. The van der Waals surface area contributed by atoms with Crippen LogP contribution < -0.4 is 5.32 Å². The minimum absolute atomic E-state index is 0.00553. The number of carbonyl (C=O) groups excluding carboxylic acids is 1. The number of rotatable bonds is 2. The Hall–Kier alpha value is -0.840. The minimum atomic E-state index is -2.84. The van der Waals surface area contributed by atoms with Crippen LogP contribution >= 0.6 is 0 Å². The van der Waals surface area contributed by atoms with Crippen LogP contribution in [0.4, 0.5) is 0 Å². The van der Waals surface area contributed by atoms with E-state index in [1.807, 2.05) is 0 Å². The van der Waals surface area contributed by atoms with Crippen molar-refractivity contribution >= 4 is 15.7 Å². The van der Waals surface area contributed by atoms with Crippen molar-refractivity contribution in [1.29, 1.82) is 0 Å². The Morgan fingerprint density at radius 3 is 2.38 bits per heavy atom. The average molecular weight is 203 g/mol. The van der Waals surface area contributed by atoms with Gasteiger partial charge in [-0.15, -0.1) is 0 Å². The molecule has 1 heterocycles. The maximum atomic E-state index is 11.0. The van der Waals surface area contributed by atoms with Gasteiger partial charge < -0.3 is 5.32 Å². The normalized spacial score (nSPS) is 22.2. The number of nitrogens with one attached hydrogen (secondary N) is 1. The van der Waals surface area contributed by atoms with E-state index in [9.17, 15) is 13.2 Å². The number of carbonyl (C=O) groups is 1. The lowest BCUT2D eigenvalue weighted by Gasteiger charge is -2.22. The molecule has 0 unspecified atom stereocenters. The molecule has 0 bridgehead atoms. The predicted molar refractivity (Wildman–Crippen MR) is 50.0 cm³/mol. The maximum absolute atomic E-state index is 11.0. The summed E-state index contributed by atoms with van der Waals surface area (Å²) >= 11 is 0. The standard InChI is InChI=1S/C8H13NO3S/c1-2-8(10)9-7-3-5-13(11,12)6-4-7/h2,7H,1,3-6H2,(H,9,10). The molecule has 0 aliphatic carbocycles. The first kappa shape index (κ1) is 10.2. The predicted octanol–water partition coefficient (Wildman–Crippen LogP) is -0.134. The topological polar surface area (TPSA) is 63.2 Å². The van der Waals surface area contributed by atoms with Crippen LogP contribution in [0.2, 0.25) is 0 Å². The molecule has 1 aliphatic heterocycles. The molecule has 5 heteroatoms. The molecular weight excluding hydrogens is 190 g/mol. The second kappa shape index (κ2) is 3.91. The van der Waals surface area contributed by atoms with Gasteiger partial charge >= 0.3 is 0 Å². The van der Waals surface area contributed by atoms with Crippen molar-refractivity contribution in [3.63, 3.8) is 0 Å². The average Bonchev–Trinajstić information content (AvgIpc) is 2.08. The molecule has 4 nitrogen and oxygen atoms in total. The summed E-state index contributed by atoms with van der Waals surface area (Å²) in [6.45, 7) is 3.32. The summed E-state index contributed by atoms with van der Waals surface area (Å²) < 4.78 is 22.0. The van der Waals surface area contributed by atoms with Gasteiger partial charge in [0.15, 0.2) is 0 Å². The molecule has 1 N–H and O–H groups in total. The van der Waals surface area contributed by atoms with E-state index in [-0.39, 0.29) is 23.5 Å². The Morgan fingerprint density at radius 1 is 1.38 bits per heavy atom. The third-order valence-electron chi connectivity index (χ3n) is 2.09. The lowest BCUT2D eigenvalue weighted by atomic mass is 10.1. The fourth-order valence-electron chi connectivity index (χ4n) is 1.29. The Balaban J connectivity index is 2.42. The van der Waals surface area contributed by atoms with Crippen LogP contribution in [0.25, 0.3) is 0 Å². The van der Waals surface area contributed by atoms with Gasteiger partial charge in [-0.1, -0.05) is 6.58 Å². The molecule has 1 rings (SSSR count). The second-order valence-electron chi connectivity index (χ2n) is 3.14. The molecule has 0 aromatic rings. The van der Waals surface area contributed by atoms with Gasteiger partial charge in [-0.25, -0.2) is 8.42 Å². The van der Waals surface area contributed by atoms with Gasteiger partial charge in [0.2, 0.25) is 5.91 Å². The summed E-state index contributed by atoms with van der Waals surface area (Å²) in [5.41, 5.74) is 0. The quantitative estimate of drug-likeness (QED) is 0.636. The number of amides is 1. The van der Waals surface area contributed by atoms with Crippen LogP contribution in [-0.4, -0.2) is 31.9 Å². The summed E-state index contributed by atoms with van der Waals surface area (Å²) in [5, 5.41) is 2.68. The van der Waals surface area contributed by atoms with Crippen molar-refractivity contribution in [2.45, 2.75) is 18.9 Å². The summed E-state index contributed by atoms with van der Waals surface area (Å²) in [7, 11) is -2.84. The molecule has 1 fully saturated rings. The van der Waals surface area contributed by atoms with E-state index in [1.165, 1.54) is 6.08 Å². The second-order valence-corrected chi connectivity index (χ2v) is 5.44. The van der Waals surface area contributed by atoms with Crippen molar-refractivity contribution in [3.8, 4) is 0 Å². The highest BCUT2D eigenvalue weighted by molar-refractivity contribution is 7.91. The molecule has 0 atom stereocenters. The number of hydrogen-bond donors (Lipinski definition) is 1. The lowest BCUT2D eigenvalue weighted by molar-refractivity contribution is -0.117. The van der Waals surface area contributed by atoms with Gasteiger partial charge in [0.25, 0.3) is 0 Å². The van der Waals surface area contributed by atoms with Crippen LogP contribution in [0.15, 0.2) is 12.7 Å². The van der Waals surface area contributed by atoms with E-state index in [0.29, 0.717) is 12.8 Å². The zero-order valence-corrected chi connectivity index (χ0v) is 8.14. The Labute approximate surface area is 77.9 Å². The fraction of sp³-hybridized carbons (Fsp3) is 0.625.